The van der Waals surface area contributed by atoms with Crippen LogP contribution in [-0.2, 0) is 22.5 Å². The molecule has 0 unspecified atom stereocenters. The zero-order chi connectivity index (χ0) is 12.7. The molecule has 0 aliphatic carbocycles. The number of ether oxygens (including phenoxy) is 1. The van der Waals surface area contributed by atoms with Crippen molar-refractivity contribution in [2.45, 2.75) is 19.0 Å². The maximum Gasteiger partial charge on any atom is 0.323 e. The number of halogens is 2. The van der Waals surface area contributed by atoms with Crippen LogP contribution < -0.4 is 5.32 Å². The van der Waals surface area contributed by atoms with Crippen molar-refractivity contribution in [3.05, 3.63) is 33.9 Å². The van der Waals surface area contributed by atoms with E-state index in [0.717, 1.165) is 15.7 Å². The Labute approximate surface area is 125 Å². The summed E-state index contributed by atoms with van der Waals surface area (Å²) in [4.78, 5) is 15.0. The first kappa shape index (κ1) is 14.4. The van der Waals surface area contributed by atoms with Crippen LogP contribution in [0, 0.1) is 0 Å². The number of methoxy groups -OCH3 is 1. The fraction of sp³-hybridized carbons (Fsp3) is 0.308. The lowest BCUT2D eigenvalue weighted by Gasteiger charge is -2.21. The second-order valence-electron chi connectivity index (χ2n) is 4.43. The minimum Gasteiger partial charge on any atom is -0.468 e. The summed E-state index contributed by atoms with van der Waals surface area (Å²) >= 11 is 3.46. The van der Waals surface area contributed by atoms with Gasteiger partial charge in [0.25, 0.3) is 0 Å². The Hall–Kier alpha value is -1.04. The molecule has 0 amide bonds. The van der Waals surface area contributed by atoms with E-state index in [2.05, 4.69) is 38.4 Å². The van der Waals surface area contributed by atoms with E-state index in [4.69, 9.17) is 4.74 Å². The SMILES string of the molecule is COC(=O)[C@@H]1Cc2c([nH]c3cc(Br)ccc23)CN1.Cl. The molecule has 19 heavy (non-hydrogen) atoms. The van der Waals surface area contributed by atoms with Gasteiger partial charge in [-0.05, 0) is 17.7 Å². The number of nitrogens with one attached hydrogen (secondary N) is 2. The van der Waals surface area contributed by atoms with Crippen molar-refractivity contribution in [3.8, 4) is 0 Å². The summed E-state index contributed by atoms with van der Waals surface area (Å²) in [6.45, 7) is 0.668. The minimum absolute atomic E-state index is 0. The number of carbonyl (C=O) groups excluding carboxylic acids is 1. The van der Waals surface area contributed by atoms with Crippen molar-refractivity contribution in [2.75, 3.05) is 7.11 Å². The van der Waals surface area contributed by atoms with Crippen molar-refractivity contribution >= 4 is 45.2 Å². The molecular weight excluding hydrogens is 332 g/mol. The van der Waals surface area contributed by atoms with Crippen LogP contribution >= 0.6 is 28.3 Å². The van der Waals surface area contributed by atoms with Gasteiger partial charge in [0.1, 0.15) is 6.04 Å². The third-order valence-electron chi connectivity index (χ3n) is 3.38. The van der Waals surface area contributed by atoms with E-state index in [9.17, 15) is 4.79 Å². The molecule has 6 heteroatoms. The molecule has 1 aliphatic rings. The van der Waals surface area contributed by atoms with Gasteiger partial charge in [-0.2, -0.15) is 0 Å². The molecule has 4 nitrogen and oxygen atoms in total. The van der Waals surface area contributed by atoms with E-state index in [-0.39, 0.29) is 24.4 Å². The lowest BCUT2D eigenvalue weighted by atomic mass is 9.99. The van der Waals surface area contributed by atoms with Gasteiger partial charge in [-0.15, -0.1) is 12.4 Å². The van der Waals surface area contributed by atoms with E-state index in [0.29, 0.717) is 13.0 Å². The molecule has 1 aromatic heterocycles. The predicted molar refractivity (Wildman–Crippen MR) is 79.6 cm³/mol. The van der Waals surface area contributed by atoms with Gasteiger partial charge in [-0.1, -0.05) is 22.0 Å². The standard InChI is InChI=1S/C13H13BrN2O2.ClH/c1-18-13(17)11-5-9-8-3-2-7(14)4-10(8)16-12(9)6-15-11;/h2-4,11,15-16H,5-6H2,1H3;1H/t11-;/m0./s1. The third-order valence-corrected chi connectivity index (χ3v) is 3.87. The van der Waals surface area contributed by atoms with E-state index in [1.54, 1.807) is 0 Å². The molecule has 0 bridgehead atoms. The molecule has 102 valence electrons. The average molecular weight is 346 g/mol. The maximum absolute atomic E-state index is 11.6. The zero-order valence-electron chi connectivity index (χ0n) is 10.3. The second kappa shape index (κ2) is 5.53. The van der Waals surface area contributed by atoms with E-state index in [1.807, 2.05) is 6.07 Å². The van der Waals surface area contributed by atoms with Crippen LogP contribution in [0.4, 0.5) is 0 Å². The van der Waals surface area contributed by atoms with Crippen LogP contribution in [0.15, 0.2) is 22.7 Å². The molecule has 2 N–H and O–H groups in total. The summed E-state index contributed by atoms with van der Waals surface area (Å²) in [5, 5.41) is 4.37. The van der Waals surface area contributed by atoms with Gasteiger partial charge in [0.2, 0.25) is 0 Å². The number of aromatic nitrogens is 1. The molecule has 0 saturated carbocycles. The Balaban J connectivity index is 0.00000133. The molecule has 2 aromatic rings. The molecule has 1 aromatic carbocycles. The zero-order valence-corrected chi connectivity index (χ0v) is 12.7. The Morgan fingerprint density at radius 1 is 1.47 bits per heavy atom. The quantitative estimate of drug-likeness (QED) is 0.781. The first-order valence-corrected chi connectivity index (χ1v) is 6.58. The predicted octanol–water partition coefficient (Wildman–Crippen LogP) is 2.54. The lowest BCUT2D eigenvalue weighted by Crippen LogP contribution is -2.42. The fourth-order valence-corrected chi connectivity index (χ4v) is 2.84. The first-order chi connectivity index (χ1) is 8.69. The molecule has 0 radical (unpaired) electrons. The highest BCUT2D eigenvalue weighted by atomic mass is 79.9. The molecule has 3 rings (SSSR count). The van der Waals surface area contributed by atoms with Gasteiger partial charge in [0, 0.05) is 34.0 Å². The van der Waals surface area contributed by atoms with Crippen LogP contribution in [0.1, 0.15) is 11.3 Å². The normalized spacial score (nSPS) is 17.7. The number of rotatable bonds is 1. The van der Waals surface area contributed by atoms with Crippen LogP contribution in [0.25, 0.3) is 10.9 Å². The number of H-pyrrole nitrogens is 1. The van der Waals surface area contributed by atoms with Gasteiger partial charge in [0.05, 0.1) is 7.11 Å². The number of aromatic amines is 1. The smallest absolute Gasteiger partial charge is 0.323 e. The summed E-state index contributed by atoms with van der Waals surface area (Å²) < 4.78 is 5.84. The molecule has 0 spiro atoms. The lowest BCUT2D eigenvalue weighted by molar-refractivity contribution is -0.143. The Kier molecular flexibility index (Phi) is 4.18. The number of hydrogen-bond donors (Lipinski definition) is 2. The van der Waals surface area contributed by atoms with Crippen LogP contribution in [-0.4, -0.2) is 24.1 Å². The summed E-state index contributed by atoms with van der Waals surface area (Å²) in [6.07, 6.45) is 0.670. The van der Waals surface area contributed by atoms with Gasteiger partial charge in [-0.25, -0.2) is 0 Å². The van der Waals surface area contributed by atoms with Gasteiger partial charge in [-0.3, -0.25) is 10.1 Å². The third kappa shape index (κ3) is 2.50. The average Bonchev–Trinajstić information content (AvgIpc) is 2.74. The van der Waals surface area contributed by atoms with Crippen LogP contribution in [0.2, 0.25) is 0 Å². The number of hydrogen-bond acceptors (Lipinski definition) is 3. The summed E-state index contributed by atoms with van der Waals surface area (Å²) in [7, 11) is 1.42. The molecule has 0 fully saturated rings. The largest absolute Gasteiger partial charge is 0.468 e. The van der Waals surface area contributed by atoms with E-state index in [1.165, 1.54) is 18.1 Å². The molecular formula is C13H14BrClN2O2. The van der Waals surface area contributed by atoms with Crippen molar-refractivity contribution in [1.29, 1.82) is 0 Å². The van der Waals surface area contributed by atoms with Crippen LogP contribution in [0.5, 0.6) is 0 Å². The van der Waals surface area contributed by atoms with Crippen molar-refractivity contribution in [3.63, 3.8) is 0 Å². The molecule has 1 atom stereocenters. The van der Waals surface area contributed by atoms with Gasteiger partial charge >= 0.3 is 5.97 Å². The highest BCUT2D eigenvalue weighted by molar-refractivity contribution is 9.10. The monoisotopic (exact) mass is 344 g/mol. The summed E-state index contributed by atoms with van der Waals surface area (Å²) in [5.74, 6) is -0.202. The van der Waals surface area contributed by atoms with Gasteiger partial charge in [0.15, 0.2) is 0 Å². The van der Waals surface area contributed by atoms with Crippen molar-refractivity contribution in [2.24, 2.45) is 0 Å². The summed E-state index contributed by atoms with van der Waals surface area (Å²) in [6, 6.07) is 5.91. The highest BCUT2D eigenvalue weighted by Crippen LogP contribution is 2.28. The topological polar surface area (TPSA) is 54.1 Å². The second-order valence-corrected chi connectivity index (χ2v) is 5.35. The number of esters is 1. The first-order valence-electron chi connectivity index (χ1n) is 5.79. The number of benzene rings is 1. The van der Waals surface area contributed by atoms with Gasteiger partial charge < -0.3 is 9.72 Å². The highest BCUT2D eigenvalue weighted by Gasteiger charge is 2.27. The molecule has 1 aliphatic heterocycles. The number of carbonyl (C=O) groups is 1. The fourth-order valence-electron chi connectivity index (χ4n) is 2.48. The van der Waals surface area contributed by atoms with Crippen LogP contribution in [0.3, 0.4) is 0 Å². The van der Waals surface area contributed by atoms with E-state index < -0.39 is 0 Å². The Morgan fingerprint density at radius 3 is 3.00 bits per heavy atom. The minimum atomic E-state index is -0.245. The Bertz CT molecular complexity index is 626. The van der Waals surface area contributed by atoms with Crippen molar-refractivity contribution < 1.29 is 9.53 Å². The Morgan fingerprint density at radius 2 is 2.26 bits per heavy atom. The van der Waals surface area contributed by atoms with Crippen molar-refractivity contribution in [1.82, 2.24) is 10.3 Å². The maximum atomic E-state index is 11.6. The van der Waals surface area contributed by atoms with E-state index >= 15 is 0 Å². The molecule has 2 heterocycles. The number of fused-ring (bicyclic) bond motifs is 3. The summed E-state index contributed by atoms with van der Waals surface area (Å²) in [5.41, 5.74) is 3.47. The molecule has 0 saturated heterocycles.